The maximum absolute atomic E-state index is 12.3. The highest BCUT2D eigenvalue weighted by Gasteiger charge is 2.32. The minimum Gasteiger partial charge on any atom is -0.455 e. The first kappa shape index (κ1) is 23.4. The SMILES string of the molecule is CC(C)(C)OC(=O)N1CCCC(C(=O)OCC(=O)Nc2ccc([N+](=O)[O-])cc2Cl)C1. The molecule has 0 radical (unpaired) electrons. The fraction of sp³-hybridized carbons (Fsp3) is 0.526. The topological polar surface area (TPSA) is 128 Å². The summed E-state index contributed by atoms with van der Waals surface area (Å²) in [5.74, 6) is -1.78. The predicted octanol–water partition coefficient (Wildman–Crippen LogP) is 3.38. The summed E-state index contributed by atoms with van der Waals surface area (Å²) >= 11 is 5.92. The van der Waals surface area contributed by atoms with Crippen LogP contribution in [-0.4, -0.2) is 53.1 Å². The van der Waals surface area contributed by atoms with Gasteiger partial charge >= 0.3 is 12.1 Å². The summed E-state index contributed by atoms with van der Waals surface area (Å²) in [6.07, 6.45) is 0.655. The normalized spacial score (nSPS) is 16.5. The molecule has 1 N–H and O–H groups in total. The molecule has 164 valence electrons. The van der Waals surface area contributed by atoms with Gasteiger partial charge in [0, 0.05) is 25.2 Å². The molecular weight excluding hydrogens is 418 g/mol. The highest BCUT2D eigenvalue weighted by Crippen LogP contribution is 2.26. The Morgan fingerprint density at radius 1 is 1.33 bits per heavy atom. The first-order valence-electron chi connectivity index (χ1n) is 9.34. The Hall–Kier alpha value is -2.88. The van der Waals surface area contributed by atoms with Crippen molar-refractivity contribution < 1.29 is 28.8 Å². The average molecular weight is 442 g/mol. The third kappa shape index (κ3) is 6.87. The standard InChI is InChI=1S/C19H24ClN3O7/c1-19(2,3)30-18(26)22-8-4-5-12(10-22)17(25)29-11-16(24)21-15-7-6-13(23(27)28)9-14(15)20/h6-7,9,12H,4-5,8,10-11H2,1-3H3,(H,21,24). The van der Waals surface area contributed by atoms with Crippen molar-refractivity contribution in [3.8, 4) is 0 Å². The van der Waals surface area contributed by atoms with Gasteiger partial charge in [0.2, 0.25) is 0 Å². The number of carbonyl (C=O) groups excluding carboxylic acids is 3. The van der Waals surface area contributed by atoms with Gasteiger partial charge < -0.3 is 19.7 Å². The van der Waals surface area contributed by atoms with E-state index in [2.05, 4.69) is 5.32 Å². The van der Waals surface area contributed by atoms with Crippen LogP contribution >= 0.6 is 11.6 Å². The van der Waals surface area contributed by atoms with Gasteiger partial charge in [0.1, 0.15) is 5.60 Å². The smallest absolute Gasteiger partial charge is 0.410 e. The van der Waals surface area contributed by atoms with E-state index in [0.29, 0.717) is 19.4 Å². The molecule has 0 saturated carbocycles. The third-order valence-electron chi connectivity index (χ3n) is 4.19. The van der Waals surface area contributed by atoms with Crippen molar-refractivity contribution in [3.63, 3.8) is 0 Å². The van der Waals surface area contributed by atoms with Gasteiger partial charge in [-0.2, -0.15) is 0 Å². The van der Waals surface area contributed by atoms with Gasteiger partial charge in [-0.3, -0.25) is 19.7 Å². The largest absolute Gasteiger partial charge is 0.455 e. The minimum absolute atomic E-state index is 0.0100. The molecule has 1 saturated heterocycles. The second-order valence-corrected chi connectivity index (χ2v) is 8.25. The van der Waals surface area contributed by atoms with Crippen LogP contribution in [0.4, 0.5) is 16.2 Å². The zero-order valence-corrected chi connectivity index (χ0v) is 17.7. The highest BCUT2D eigenvalue weighted by atomic mass is 35.5. The minimum atomic E-state index is -0.640. The summed E-state index contributed by atoms with van der Waals surface area (Å²) in [4.78, 5) is 48.1. The molecule has 0 bridgehead atoms. The lowest BCUT2D eigenvalue weighted by Crippen LogP contribution is -2.45. The van der Waals surface area contributed by atoms with Gasteiger partial charge in [-0.15, -0.1) is 0 Å². The number of amides is 2. The molecule has 1 aliphatic rings. The predicted molar refractivity (Wildman–Crippen MR) is 108 cm³/mol. The summed E-state index contributed by atoms with van der Waals surface area (Å²) in [7, 11) is 0. The number of nitro groups is 1. The van der Waals surface area contributed by atoms with Crippen molar-refractivity contribution in [3.05, 3.63) is 33.3 Å². The van der Waals surface area contributed by atoms with Gasteiger partial charge in [-0.1, -0.05) is 11.6 Å². The van der Waals surface area contributed by atoms with Crippen LogP contribution in [0.25, 0.3) is 0 Å². The van der Waals surface area contributed by atoms with Crippen LogP contribution in [0.1, 0.15) is 33.6 Å². The second-order valence-electron chi connectivity index (χ2n) is 7.84. The molecule has 2 rings (SSSR count). The molecule has 1 aromatic rings. The van der Waals surface area contributed by atoms with Gasteiger partial charge in [0.05, 0.1) is 21.6 Å². The van der Waals surface area contributed by atoms with E-state index in [0.717, 1.165) is 6.07 Å². The monoisotopic (exact) mass is 441 g/mol. The number of carbonyl (C=O) groups is 3. The molecule has 10 nitrogen and oxygen atoms in total. The number of ether oxygens (including phenoxy) is 2. The van der Waals surface area contributed by atoms with E-state index in [-0.39, 0.29) is 22.9 Å². The molecule has 1 unspecified atom stereocenters. The fourth-order valence-corrected chi connectivity index (χ4v) is 3.04. The number of nitro benzene ring substituents is 1. The van der Waals surface area contributed by atoms with Crippen molar-refractivity contribution in [2.75, 3.05) is 25.0 Å². The van der Waals surface area contributed by atoms with E-state index in [9.17, 15) is 24.5 Å². The van der Waals surface area contributed by atoms with Crippen LogP contribution in [0.15, 0.2) is 18.2 Å². The van der Waals surface area contributed by atoms with Crippen molar-refractivity contribution in [1.29, 1.82) is 0 Å². The van der Waals surface area contributed by atoms with E-state index in [1.54, 1.807) is 20.8 Å². The molecule has 0 spiro atoms. The molecule has 1 aromatic carbocycles. The van der Waals surface area contributed by atoms with Gasteiger partial charge in [0.25, 0.3) is 11.6 Å². The van der Waals surface area contributed by atoms with Crippen LogP contribution in [0, 0.1) is 16.0 Å². The molecule has 0 aliphatic carbocycles. The number of benzene rings is 1. The van der Waals surface area contributed by atoms with Crippen LogP contribution in [-0.2, 0) is 19.1 Å². The average Bonchev–Trinajstić information content (AvgIpc) is 2.66. The molecule has 2 amide bonds. The van der Waals surface area contributed by atoms with Gasteiger partial charge in [-0.05, 0) is 39.7 Å². The van der Waals surface area contributed by atoms with E-state index < -0.39 is 41.0 Å². The molecule has 0 aromatic heterocycles. The first-order valence-corrected chi connectivity index (χ1v) is 9.72. The lowest BCUT2D eigenvalue weighted by Gasteiger charge is -2.33. The Morgan fingerprint density at radius 3 is 2.63 bits per heavy atom. The quantitative estimate of drug-likeness (QED) is 0.421. The van der Waals surface area contributed by atoms with Gasteiger partial charge in [0.15, 0.2) is 6.61 Å². The van der Waals surface area contributed by atoms with Crippen molar-refractivity contribution >= 4 is 40.9 Å². The van der Waals surface area contributed by atoms with Crippen LogP contribution < -0.4 is 5.32 Å². The Kier molecular flexibility index (Phi) is 7.60. The number of hydrogen-bond acceptors (Lipinski definition) is 7. The maximum atomic E-state index is 12.3. The van der Waals surface area contributed by atoms with E-state index >= 15 is 0 Å². The van der Waals surface area contributed by atoms with Crippen molar-refractivity contribution in [1.82, 2.24) is 4.90 Å². The molecule has 1 heterocycles. The zero-order chi connectivity index (χ0) is 22.5. The summed E-state index contributed by atoms with van der Waals surface area (Å²) in [6.45, 7) is 5.37. The van der Waals surface area contributed by atoms with Crippen molar-refractivity contribution in [2.45, 2.75) is 39.2 Å². The summed E-state index contributed by atoms with van der Waals surface area (Å²) in [5, 5.41) is 13.1. The molecule has 1 atom stereocenters. The number of non-ortho nitro benzene ring substituents is 1. The summed E-state index contributed by atoms with van der Waals surface area (Å²) in [5.41, 5.74) is -0.685. The maximum Gasteiger partial charge on any atom is 0.410 e. The Bertz CT molecular complexity index is 838. The molecule has 1 aliphatic heterocycles. The van der Waals surface area contributed by atoms with E-state index in [1.807, 2.05) is 0 Å². The van der Waals surface area contributed by atoms with Gasteiger partial charge in [-0.25, -0.2) is 4.79 Å². The summed E-state index contributed by atoms with van der Waals surface area (Å²) < 4.78 is 10.4. The number of piperidine rings is 1. The number of nitrogens with zero attached hydrogens (tertiary/aromatic N) is 2. The third-order valence-corrected chi connectivity index (χ3v) is 4.50. The van der Waals surface area contributed by atoms with E-state index in [4.69, 9.17) is 21.1 Å². The molecule has 30 heavy (non-hydrogen) atoms. The van der Waals surface area contributed by atoms with Crippen molar-refractivity contribution in [2.24, 2.45) is 5.92 Å². The lowest BCUT2D eigenvalue weighted by molar-refractivity contribution is -0.384. The van der Waals surface area contributed by atoms with Crippen LogP contribution in [0.3, 0.4) is 0 Å². The number of rotatable bonds is 5. The van der Waals surface area contributed by atoms with E-state index in [1.165, 1.54) is 17.0 Å². The molecule has 1 fully saturated rings. The number of likely N-dealkylation sites (tertiary alicyclic amines) is 1. The molecular formula is C19H24ClN3O7. The number of hydrogen-bond donors (Lipinski definition) is 1. The Morgan fingerprint density at radius 2 is 2.03 bits per heavy atom. The van der Waals surface area contributed by atoms with Crippen LogP contribution in [0.5, 0.6) is 0 Å². The number of anilines is 1. The molecule has 11 heteroatoms. The zero-order valence-electron chi connectivity index (χ0n) is 17.0. The van der Waals surface area contributed by atoms with Crippen LogP contribution in [0.2, 0.25) is 5.02 Å². The lowest BCUT2D eigenvalue weighted by atomic mass is 9.98. The second kappa shape index (κ2) is 9.75. The summed E-state index contributed by atoms with van der Waals surface area (Å²) in [6, 6.07) is 3.59. The fourth-order valence-electron chi connectivity index (χ4n) is 2.82. The number of halogens is 1. The first-order chi connectivity index (χ1) is 14.0. The highest BCUT2D eigenvalue weighted by molar-refractivity contribution is 6.34. The Labute approximate surface area is 178 Å². The Balaban J connectivity index is 1.85. The number of esters is 1. The number of nitrogens with one attached hydrogen (secondary N) is 1.